The monoisotopic (exact) mass is 280 g/mol. The van der Waals surface area contributed by atoms with Crippen molar-refractivity contribution in [2.75, 3.05) is 18.1 Å². The Morgan fingerprint density at radius 2 is 2.20 bits per heavy atom. The van der Waals surface area contributed by atoms with Crippen molar-refractivity contribution >= 4 is 5.69 Å². The minimum Gasteiger partial charge on any atom is -0.394 e. The zero-order chi connectivity index (χ0) is 14.5. The Hall–Kier alpha value is -1.13. The minimum absolute atomic E-state index is 0.114. The second-order valence-corrected chi connectivity index (χ2v) is 5.80. The van der Waals surface area contributed by atoms with E-state index in [0.29, 0.717) is 18.2 Å². The van der Waals surface area contributed by atoms with Gasteiger partial charge < -0.3 is 15.3 Å². The number of piperidine rings is 1. The maximum Gasteiger partial charge on any atom is 0.129 e. The molecule has 2 rings (SSSR count). The lowest BCUT2D eigenvalue weighted by Crippen LogP contribution is -2.42. The molecule has 1 aliphatic heterocycles. The number of anilines is 1. The molecule has 1 aromatic rings. The van der Waals surface area contributed by atoms with Crippen molar-refractivity contribution in [3.63, 3.8) is 0 Å². The van der Waals surface area contributed by atoms with Crippen LogP contribution in [0.15, 0.2) is 18.2 Å². The van der Waals surface area contributed by atoms with Gasteiger partial charge in [-0.1, -0.05) is 19.9 Å². The van der Waals surface area contributed by atoms with Crippen LogP contribution >= 0.6 is 0 Å². The van der Waals surface area contributed by atoms with E-state index in [9.17, 15) is 9.50 Å². The van der Waals surface area contributed by atoms with Gasteiger partial charge in [0.15, 0.2) is 0 Å². The van der Waals surface area contributed by atoms with Crippen LogP contribution in [0.3, 0.4) is 0 Å². The summed E-state index contributed by atoms with van der Waals surface area (Å²) in [4.78, 5) is 2.17. The highest BCUT2D eigenvalue weighted by atomic mass is 19.1. The van der Waals surface area contributed by atoms with E-state index in [-0.39, 0.29) is 18.5 Å². The largest absolute Gasteiger partial charge is 0.394 e. The molecule has 0 aliphatic carbocycles. The lowest BCUT2D eigenvalue weighted by molar-refractivity contribution is 0.240. The number of rotatable bonds is 5. The first kappa shape index (κ1) is 15.3. The summed E-state index contributed by atoms with van der Waals surface area (Å²) in [5.74, 6) is -0.169. The molecule has 0 aromatic heterocycles. The van der Waals surface area contributed by atoms with Gasteiger partial charge in [0.1, 0.15) is 5.82 Å². The number of nitrogens with one attached hydrogen (secondary N) is 1. The maximum atomic E-state index is 14.2. The van der Waals surface area contributed by atoms with Gasteiger partial charge in [-0.15, -0.1) is 0 Å². The molecule has 1 atom stereocenters. The van der Waals surface area contributed by atoms with Gasteiger partial charge in [-0.2, -0.15) is 0 Å². The van der Waals surface area contributed by atoms with Gasteiger partial charge in [0.25, 0.3) is 0 Å². The fraction of sp³-hybridized carbons (Fsp3) is 0.625. The molecule has 1 heterocycles. The quantitative estimate of drug-likeness (QED) is 0.870. The molecule has 1 saturated heterocycles. The Labute approximate surface area is 120 Å². The Kier molecular flexibility index (Phi) is 5.38. The molecule has 0 saturated carbocycles. The smallest absolute Gasteiger partial charge is 0.129 e. The van der Waals surface area contributed by atoms with Crippen molar-refractivity contribution < 1.29 is 9.50 Å². The molecule has 1 unspecified atom stereocenters. The van der Waals surface area contributed by atoms with Crippen LogP contribution in [0.2, 0.25) is 0 Å². The fourth-order valence-corrected chi connectivity index (χ4v) is 2.81. The van der Waals surface area contributed by atoms with Crippen LogP contribution in [0.4, 0.5) is 10.1 Å². The average Bonchev–Trinajstić information content (AvgIpc) is 2.45. The summed E-state index contributed by atoms with van der Waals surface area (Å²) in [6.45, 7) is 5.65. The zero-order valence-corrected chi connectivity index (χ0v) is 12.4. The predicted molar refractivity (Wildman–Crippen MR) is 80.4 cm³/mol. The number of hydrogen-bond donors (Lipinski definition) is 2. The number of nitrogens with zero attached hydrogens (tertiary/aromatic N) is 1. The third kappa shape index (κ3) is 3.49. The molecule has 20 heavy (non-hydrogen) atoms. The lowest BCUT2D eigenvalue weighted by atomic mass is 10.00. The summed E-state index contributed by atoms with van der Waals surface area (Å²) in [5.41, 5.74) is 1.64. The summed E-state index contributed by atoms with van der Waals surface area (Å²) in [7, 11) is 0. The summed E-state index contributed by atoms with van der Waals surface area (Å²) >= 11 is 0. The second-order valence-electron chi connectivity index (χ2n) is 5.80. The van der Waals surface area contributed by atoms with E-state index in [2.05, 4.69) is 24.1 Å². The predicted octanol–water partition coefficient (Wildman–Crippen LogP) is 2.67. The fourth-order valence-electron chi connectivity index (χ4n) is 2.81. The van der Waals surface area contributed by atoms with Gasteiger partial charge in [-0.05, 0) is 31.4 Å². The van der Waals surface area contributed by atoms with Crippen molar-refractivity contribution in [2.45, 2.75) is 51.7 Å². The van der Waals surface area contributed by atoms with E-state index in [4.69, 9.17) is 0 Å². The van der Waals surface area contributed by atoms with Crippen LogP contribution in [0.5, 0.6) is 0 Å². The number of halogens is 1. The Balaban J connectivity index is 2.27. The Morgan fingerprint density at radius 3 is 2.90 bits per heavy atom. The van der Waals surface area contributed by atoms with E-state index in [1.54, 1.807) is 6.07 Å². The first-order valence-corrected chi connectivity index (χ1v) is 7.51. The van der Waals surface area contributed by atoms with E-state index in [1.807, 2.05) is 6.07 Å². The van der Waals surface area contributed by atoms with Crippen LogP contribution < -0.4 is 10.2 Å². The number of benzene rings is 1. The molecule has 2 N–H and O–H groups in total. The van der Waals surface area contributed by atoms with Crippen LogP contribution in [0, 0.1) is 5.82 Å². The van der Waals surface area contributed by atoms with Crippen molar-refractivity contribution in [2.24, 2.45) is 0 Å². The van der Waals surface area contributed by atoms with Crippen molar-refractivity contribution in [1.29, 1.82) is 0 Å². The number of aliphatic hydroxyl groups is 1. The standard InChI is InChI=1S/C16H25FN2O/c1-12(2)18-10-14-15(17)7-5-8-16(14)19-9-4-3-6-13(19)11-20/h5,7-8,12-13,18,20H,3-4,6,9-11H2,1-2H3. The number of aliphatic hydroxyl groups excluding tert-OH is 1. The summed E-state index contributed by atoms with van der Waals surface area (Å²) in [6.07, 6.45) is 3.21. The zero-order valence-electron chi connectivity index (χ0n) is 12.4. The number of hydrogen-bond acceptors (Lipinski definition) is 3. The molecular formula is C16H25FN2O. The summed E-state index contributed by atoms with van der Waals surface area (Å²) in [6, 6.07) is 5.67. The summed E-state index contributed by atoms with van der Waals surface area (Å²) < 4.78 is 14.2. The van der Waals surface area contributed by atoms with Gasteiger partial charge in [0, 0.05) is 30.4 Å². The van der Waals surface area contributed by atoms with E-state index in [1.165, 1.54) is 6.07 Å². The van der Waals surface area contributed by atoms with Gasteiger partial charge >= 0.3 is 0 Å². The van der Waals surface area contributed by atoms with Gasteiger partial charge in [-0.3, -0.25) is 0 Å². The van der Waals surface area contributed by atoms with Gasteiger partial charge in [0.05, 0.1) is 12.6 Å². The Morgan fingerprint density at radius 1 is 1.40 bits per heavy atom. The highest BCUT2D eigenvalue weighted by molar-refractivity contribution is 5.55. The summed E-state index contributed by atoms with van der Waals surface area (Å²) in [5, 5.41) is 12.8. The van der Waals surface area contributed by atoms with E-state index < -0.39 is 0 Å². The normalized spacial score (nSPS) is 19.6. The molecule has 3 nitrogen and oxygen atoms in total. The van der Waals surface area contributed by atoms with Crippen molar-refractivity contribution in [3.8, 4) is 0 Å². The van der Waals surface area contributed by atoms with Crippen LogP contribution in [-0.2, 0) is 6.54 Å². The molecule has 4 heteroatoms. The van der Waals surface area contributed by atoms with Gasteiger partial charge in [-0.25, -0.2) is 4.39 Å². The molecule has 0 spiro atoms. The van der Waals surface area contributed by atoms with Crippen molar-refractivity contribution in [1.82, 2.24) is 5.32 Å². The first-order chi connectivity index (χ1) is 9.63. The van der Waals surface area contributed by atoms with Gasteiger partial charge in [0.2, 0.25) is 0 Å². The third-order valence-corrected chi connectivity index (χ3v) is 3.93. The Bertz CT molecular complexity index is 436. The lowest BCUT2D eigenvalue weighted by Gasteiger charge is -2.38. The molecule has 1 aliphatic rings. The first-order valence-electron chi connectivity index (χ1n) is 7.51. The molecule has 0 amide bonds. The SMILES string of the molecule is CC(C)NCc1c(F)cccc1N1CCCCC1CO. The molecular weight excluding hydrogens is 255 g/mol. The molecule has 112 valence electrons. The highest BCUT2D eigenvalue weighted by Gasteiger charge is 2.24. The van der Waals surface area contributed by atoms with E-state index in [0.717, 1.165) is 31.5 Å². The minimum atomic E-state index is -0.169. The van der Waals surface area contributed by atoms with E-state index >= 15 is 0 Å². The van der Waals surface area contributed by atoms with Crippen LogP contribution in [0.25, 0.3) is 0 Å². The average molecular weight is 280 g/mol. The second kappa shape index (κ2) is 7.04. The molecule has 1 aromatic carbocycles. The maximum absolute atomic E-state index is 14.2. The van der Waals surface area contributed by atoms with Crippen molar-refractivity contribution in [3.05, 3.63) is 29.6 Å². The highest BCUT2D eigenvalue weighted by Crippen LogP contribution is 2.29. The molecule has 1 fully saturated rings. The topological polar surface area (TPSA) is 35.5 Å². The van der Waals surface area contributed by atoms with Crippen LogP contribution in [-0.4, -0.2) is 30.3 Å². The van der Waals surface area contributed by atoms with Crippen LogP contribution in [0.1, 0.15) is 38.7 Å². The third-order valence-electron chi connectivity index (χ3n) is 3.93. The molecule has 0 radical (unpaired) electrons. The molecule has 0 bridgehead atoms.